The number of hydrogen-bond donors (Lipinski definition) is 0. The monoisotopic (exact) mass is 330 g/mol. The average Bonchev–Trinajstić information content (AvgIpc) is 2.55. The van der Waals surface area contributed by atoms with Crippen molar-refractivity contribution < 1.29 is 44.8 Å². The number of rotatable bonds is 5. The van der Waals surface area contributed by atoms with Gasteiger partial charge in [0.05, 0.1) is 6.61 Å². The highest BCUT2D eigenvalue weighted by atomic mass is 32.2. The maximum Gasteiger partial charge on any atom is 0.534 e. The van der Waals surface area contributed by atoms with Crippen molar-refractivity contribution in [2.75, 3.05) is 6.61 Å². The van der Waals surface area contributed by atoms with Crippen LogP contribution >= 0.6 is 0 Å². The zero-order valence-electron chi connectivity index (χ0n) is 10.7. The number of alkyl halides is 3. The molecule has 11 heteroatoms. The minimum atomic E-state index is -6.07. The Morgan fingerprint density at radius 3 is 2.33 bits per heavy atom. The summed E-state index contributed by atoms with van der Waals surface area (Å²) in [6, 6.07) is 0. The van der Waals surface area contributed by atoms with Gasteiger partial charge in [-0.2, -0.15) is 21.6 Å². The maximum absolute atomic E-state index is 12.2. The van der Waals surface area contributed by atoms with Crippen molar-refractivity contribution in [3.8, 4) is 0 Å². The van der Waals surface area contributed by atoms with Crippen LogP contribution in [0.3, 0.4) is 0 Å². The van der Waals surface area contributed by atoms with Gasteiger partial charge >= 0.3 is 21.6 Å². The minimum absolute atomic E-state index is 0.139. The fourth-order valence-corrected chi connectivity index (χ4v) is 1.64. The van der Waals surface area contributed by atoms with Gasteiger partial charge in [0.2, 0.25) is 5.76 Å². The Morgan fingerprint density at radius 2 is 1.90 bits per heavy atom. The van der Waals surface area contributed by atoms with E-state index in [0.717, 1.165) is 13.0 Å². The number of cyclic esters (lactones) is 1. The first kappa shape index (κ1) is 17.0. The van der Waals surface area contributed by atoms with Crippen LogP contribution in [-0.4, -0.2) is 32.3 Å². The van der Waals surface area contributed by atoms with Crippen LogP contribution in [0, 0.1) is 0 Å². The van der Waals surface area contributed by atoms with Crippen molar-refractivity contribution in [1.29, 1.82) is 0 Å². The smallest absolute Gasteiger partial charge is 0.486 e. The summed E-state index contributed by atoms with van der Waals surface area (Å²) >= 11 is 0. The number of ketones is 1. The van der Waals surface area contributed by atoms with Gasteiger partial charge in [-0.1, -0.05) is 0 Å². The number of carbonyl (C=O) groups is 2. The summed E-state index contributed by atoms with van der Waals surface area (Å²) in [6.45, 7) is 2.35. The van der Waals surface area contributed by atoms with Gasteiger partial charge in [-0.3, -0.25) is 4.79 Å². The predicted octanol–water partition coefficient (Wildman–Crippen LogP) is 1.13. The molecule has 0 N–H and O–H groups in total. The van der Waals surface area contributed by atoms with E-state index in [0.29, 0.717) is 0 Å². The van der Waals surface area contributed by atoms with Crippen LogP contribution in [0.25, 0.3) is 0 Å². The molecule has 0 unspecified atom stereocenters. The lowest BCUT2D eigenvalue weighted by Crippen LogP contribution is -2.26. The van der Waals surface area contributed by atoms with Crippen LogP contribution in [0.2, 0.25) is 0 Å². The van der Waals surface area contributed by atoms with E-state index < -0.39 is 44.7 Å². The normalized spacial score (nSPS) is 18.0. The third-order valence-corrected chi connectivity index (χ3v) is 2.87. The van der Waals surface area contributed by atoms with E-state index in [2.05, 4.69) is 8.92 Å². The second kappa shape index (κ2) is 5.76. The molecular formula is C10H9F3O7S. The van der Waals surface area contributed by atoms with Gasteiger partial charge < -0.3 is 13.7 Å². The molecule has 21 heavy (non-hydrogen) atoms. The summed E-state index contributed by atoms with van der Waals surface area (Å²) in [5.41, 5.74) is -5.73. The van der Waals surface area contributed by atoms with Crippen LogP contribution < -0.4 is 0 Å². The quantitative estimate of drug-likeness (QED) is 0.323. The van der Waals surface area contributed by atoms with Crippen molar-refractivity contribution >= 4 is 21.9 Å². The van der Waals surface area contributed by atoms with Crippen LogP contribution in [0.1, 0.15) is 13.8 Å². The standard InChI is InChI=1S/C10H9F3O7S/c1-3-18-7-6(4-5(2)14)19-9(15)8(7)20-21(16,17)10(11,12)13/h4H,3H2,1-2H3/b6-4-. The molecule has 0 amide bonds. The van der Waals surface area contributed by atoms with Gasteiger partial charge in [0.25, 0.3) is 5.76 Å². The predicted molar refractivity (Wildman–Crippen MR) is 59.6 cm³/mol. The molecule has 0 saturated heterocycles. The Labute approximate surface area is 117 Å². The van der Waals surface area contributed by atoms with Crippen LogP contribution in [0.15, 0.2) is 23.4 Å². The van der Waals surface area contributed by atoms with E-state index in [1.165, 1.54) is 6.92 Å². The molecule has 118 valence electrons. The molecule has 0 aromatic rings. The van der Waals surface area contributed by atoms with E-state index >= 15 is 0 Å². The summed E-state index contributed by atoms with van der Waals surface area (Å²) in [7, 11) is -6.07. The van der Waals surface area contributed by atoms with E-state index in [-0.39, 0.29) is 6.61 Å². The van der Waals surface area contributed by atoms with Crippen molar-refractivity contribution in [3.63, 3.8) is 0 Å². The highest BCUT2D eigenvalue weighted by Crippen LogP contribution is 2.33. The Balaban J connectivity index is 3.31. The lowest BCUT2D eigenvalue weighted by atomic mass is 10.3. The second-order valence-electron chi connectivity index (χ2n) is 3.58. The zero-order valence-corrected chi connectivity index (χ0v) is 11.5. The first-order valence-corrected chi connectivity index (χ1v) is 6.73. The Morgan fingerprint density at radius 1 is 1.33 bits per heavy atom. The molecule has 0 fully saturated rings. The molecule has 1 rings (SSSR count). The van der Waals surface area contributed by atoms with Gasteiger partial charge in [0.15, 0.2) is 11.5 Å². The van der Waals surface area contributed by atoms with Gasteiger partial charge in [-0.25, -0.2) is 4.79 Å². The summed E-state index contributed by atoms with van der Waals surface area (Å²) in [4.78, 5) is 22.3. The fraction of sp³-hybridized carbons (Fsp3) is 0.400. The van der Waals surface area contributed by atoms with Crippen molar-refractivity contribution in [1.82, 2.24) is 0 Å². The van der Waals surface area contributed by atoms with Gasteiger partial charge in [0, 0.05) is 6.08 Å². The van der Waals surface area contributed by atoms with Crippen molar-refractivity contribution in [3.05, 3.63) is 23.4 Å². The molecule has 0 aromatic heterocycles. The first-order valence-electron chi connectivity index (χ1n) is 5.32. The third kappa shape index (κ3) is 3.74. The summed E-state index contributed by atoms with van der Waals surface area (Å²) in [5.74, 6) is -4.62. The molecule has 0 radical (unpaired) electrons. The van der Waals surface area contributed by atoms with E-state index in [9.17, 15) is 31.2 Å². The zero-order chi connectivity index (χ0) is 16.4. The highest BCUT2D eigenvalue weighted by Gasteiger charge is 2.51. The van der Waals surface area contributed by atoms with E-state index in [1.807, 2.05) is 0 Å². The Bertz CT molecular complexity index is 628. The van der Waals surface area contributed by atoms with Crippen LogP contribution in [0.4, 0.5) is 13.2 Å². The molecule has 0 aromatic carbocycles. The number of halogens is 3. The molecular weight excluding hydrogens is 321 g/mol. The van der Waals surface area contributed by atoms with Crippen molar-refractivity contribution in [2.45, 2.75) is 19.4 Å². The number of hydrogen-bond acceptors (Lipinski definition) is 7. The van der Waals surface area contributed by atoms with Crippen molar-refractivity contribution in [2.24, 2.45) is 0 Å². The van der Waals surface area contributed by atoms with Gasteiger partial charge in [-0.05, 0) is 13.8 Å². The molecule has 0 aliphatic carbocycles. The molecule has 1 aliphatic rings. The van der Waals surface area contributed by atoms with Crippen LogP contribution in [0.5, 0.6) is 0 Å². The highest BCUT2D eigenvalue weighted by molar-refractivity contribution is 7.87. The third-order valence-electron chi connectivity index (χ3n) is 1.92. The summed E-state index contributed by atoms with van der Waals surface area (Å²) in [5, 5.41) is 0. The topological polar surface area (TPSA) is 96.0 Å². The first-order chi connectivity index (χ1) is 9.49. The van der Waals surface area contributed by atoms with Gasteiger partial charge in [-0.15, -0.1) is 0 Å². The largest absolute Gasteiger partial charge is 0.534 e. The molecule has 0 spiro atoms. The molecule has 0 atom stereocenters. The lowest BCUT2D eigenvalue weighted by Gasteiger charge is -2.09. The fourth-order valence-electron chi connectivity index (χ4n) is 1.19. The van der Waals surface area contributed by atoms with E-state index in [4.69, 9.17) is 4.74 Å². The van der Waals surface area contributed by atoms with Crippen LogP contribution in [-0.2, 0) is 33.4 Å². The molecule has 0 saturated carbocycles. The number of allylic oxidation sites excluding steroid dienone is 1. The molecule has 0 bridgehead atoms. The number of esters is 1. The summed E-state index contributed by atoms with van der Waals surface area (Å²) in [6.07, 6.45) is 0.749. The second-order valence-corrected chi connectivity index (χ2v) is 5.12. The molecule has 1 heterocycles. The molecule has 1 aliphatic heterocycles. The minimum Gasteiger partial charge on any atom is -0.486 e. The van der Waals surface area contributed by atoms with Gasteiger partial charge in [0.1, 0.15) is 0 Å². The maximum atomic E-state index is 12.2. The molecule has 7 nitrogen and oxygen atoms in total. The lowest BCUT2D eigenvalue weighted by molar-refractivity contribution is -0.135. The summed E-state index contributed by atoms with van der Waals surface area (Å²) < 4.78 is 71.5. The average molecular weight is 330 g/mol. The Kier molecular flexibility index (Phi) is 4.66. The van der Waals surface area contributed by atoms with E-state index in [1.54, 1.807) is 0 Å². The SMILES string of the molecule is CCOC1=C(OS(=O)(=O)C(F)(F)F)C(=O)O/C1=C\C(C)=O. The number of carbonyl (C=O) groups excluding carboxylic acids is 2. The Hall–Kier alpha value is -2.04. The number of ether oxygens (including phenoxy) is 2.